The minimum atomic E-state index is -0.960. The normalized spacial score (nSPS) is 19.1. The summed E-state index contributed by atoms with van der Waals surface area (Å²) >= 11 is 0. The molecule has 1 aliphatic heterocycles. The van der Waals surface area contributed by atoms with E-state index in [9.17, 15) is 20.0 Å². The molecule has 9 heteroatoms. The lowest BCUT2D eigenvalue weighted by molar-refractivity contribution is -0.385. The second-order valence-electron chi connectivity index (χ2n) is 9.01. The Hall–Kier alpha value is -2.65. The van der Waals surface area contributed by atoms with E-state index in [-0.39, 0.29) is 25.3 Å². The number of carbonyl (C=O) groups excluding carboxylic acids is 1. The molecule has 0 saturated heterocycles. The number of nitrogens with zero attached hydrogens (tertiary/aromatic N) is 1. The van der Waals surface area contributed by atoms with Crippen LogP contribution in [0, 0.1) is 10.1 Å². The zero-order chi connectivity index (χ0) is 25.0. The number of aldehydes is 1. The number of aliphatic hydroxyl groups is 1. The fourth-order valence-electron chi connectivity index (χ4n) is 3.81. The average molecular weight is 479 g/mol. The predicted molar refractivity (Wildman–Crippen MR) is 129 cm³/mol. The molecule has 0 aliphatic carbocycles. The van der Waals surface area contributed by atoms with Gasteiger partial charge in [-0.15, -0.1) is 0 Å². The molecule has 0 bridgehead atoms. The number of benzene rings is 1. The van der Waals surface area contributed by atoms with Gasteiger partial charge in [0.2, 0.25) is 0 Å². The molecule has 1 aromatic rings. The highest BCUT2D eigenvalue weighted by atomic mass is 16.6. The minimum Gasteiger partial charge on any atom is -0.497 e. The highest BCUT2D eigenvalue weighted by Crippen LogP contribution is 2.41. The summed E-state index contributed by atoms with van der Waals surface area (Å²) in [6.45, 7) is 6.73. The van der Waals surface area contributed by atoms with Crippen LogP contribution in [0.5, 0.6) is 5.75 Å². The standard InChI is InChI=1S/C25H38N2O7/c1-4-5-6-7-8-9-15-33-20(18-32-14-10-13-28)17-26-23-21-16-19(27(30)31)11-12-22(21)34-25(2,3)24(23)29/h11-13,16,18,23-24,26,29H,4-10,14-15,17H2,1-3H3/b20-18-. The van der Waals surface area contributed by atoms with Gasteiger partial charge < -0.3 is 29.4 Å². The number of fused-ring (bicyclic) bond motifs is 1. The Morgan fingerprint density at radius 3 is 2.68 bits per heavy atom. The third kappa shape index (κ3) is 8.29. The van der Waals surface area contributed by atoms with Crippen molar-refractivity contribution in [3.8, 4) is 5.75 Å². The summed E-state index contributed by atoms with van der Waals surface area (Å²) in [5.74, 6) is 1.02. The van der Waals surface area contributed by atoms with Gasteiger partial charge in [0.05, 0.1) is 30.7 Å². The van der Waals surface area contributed by atoms with Crippen LogP contribution in [0.4, 0.5) is 5.69 Å². The number of nitrogens with one attached hydrogen (secondary N) is 1. The van der Waals surface area contributed by atoms with Crippen LogP contribution in [-0.4, -0.2) is 47.8 Å². The molecule has 0 radical (unpaired) electrons. The summed E-state index contributed by atoms with van der Waals surface area (Å²) in [6, 6.07) is 3.76. The van der Waals surface area contributed by atoms with Crippen LogP contribution in [0.2, 0.25) is 0 Å². The largest absolute Gasteiger partial charge is 0.497 e. The summed E-state index contributed by atoms with van der Waals surface area (Å²) in [4.78, 5) is 21.4. The van der Waals surface area contributed by atoms with Crippen LogP contribution in [0.1, 0.15) is 77.3 Å². The molecule has 34 heavy (non-hydrogen) atoms. The number of ether oxygens (including phenoxy) is 3. The van der Waals surface area contributed by atoms with Gasteiger partial charge in [0.25, 0.3) is 5.69 Å². The van der Waals surface area contributed by atoms with E-state index in [1.165, 1.54) is 44.1 Å². The monoisotopic (exact) mass is 478 g/mol. The van der Waals surface area contributed by atoms with Crippen molar-refractivity contribution in [2.24, 2.45) is 0 Å². The quantitative estimate of drug-likeness (QED) is 0.116. The van der Waals surface area contributed by atoms with Gasteiger partial charge in [0.1, 0.15) is 35.8 Å². The van der Waals surface area contributed by atoms with Crippen molar-refractivity contribution in [1.29, 1.82) is 0 Å². The number of non-ortho nitro benzene ring substituents is 1. The maximum absolute atomic E-state index is 11.3. The zero-order valence-corrected chi connectivity index (χ0v) is 20.5. The van der Waals surface area contributed by atoms with Gasteiger partial charge in [-0.25, -0.2) is 0 Å². The van der Waals surface area contributed by atoms with Crippen LogP contribution in [-0.2, 0) is 14.3 Å². The van der Waals surface area contributed by atoms with Crippen molar-refractivity contribution in [2.75, 3.05) is 19.8 Å². The molecular formula is C25H38N2O7. The fourth-order valence-corrected chi connectivity index (χ4v) is 3.81. The zero-order valence-electron chi connectivity index (χ0n) is 20.5. The van der Waals surface area contributed by atoms with Gasteiger partial charge in [0.15, 0.2) is 0 Å². The molecule has 1 aliphatic rings. The number of rotatable bonds is 16. The Morgan fingerprint density at radius 1 is 1.24 bits per heavy atom. The summed E-state index contributed by atoms with van der Waals surface area (Å²) in [6.07, 6.45) is 8.41. The molecule has 9 nitrogen and oxygen atoms in total. The Bertz CT molecular complexity index is 825. The number of nitro benzene ring substituents is 1. The van der Waals surface area contributed by atoms with E-state index < -0.39 is 22.7 Å². The van der Waals surface area contributed by atoms with Crippen LogP contribution >= 0.6 is 0 Å². The highest BCUT2D eigenvalue weighted by Gasteiger charge is 2.43. The maximum Gasteiger partial charge on any atom is 0.270 e. The van der Waals surface area contributed by atoms with Gasteiger partial charge in [-0.05, 0) is 26.3 Å². The van der Waals surface area contributed by atoms with Gasteiger partial charge in [-0.1, -0.05) is 39.0 Å². The Labute approximate surface area is 201 Å². The molecule has 2 atom stereocenters. The SMILES string of the molecule is CCCCCCCCO/C(=C\OCCC=O)CNC1c2cc([N+](=O)[O-])ccc2OC(C)(C)C1O. The van der Waals surface area contributed by atoms with Crippen molar-refractivity contribution >= 4 is 12.0 Å². The first-order valence-corrected chi connectivity index (χ1v) is 12.1. The van der Waals surface area contributed by atoms with E-state index in [0.717, 1.165) is 19.1 Å². The molecule has 0 saturated carbocycles. The van der Waals surface area contributed by atoms with Crippen molar-refractivity contribution < 1.29 is 29.0 Å². The predicted octanol–water partition coefficient (Wildman–Crippen LogP) is 4.58. The molecule has 0 fully saturated rings. The van der Waals surface area contributed by atoms with Gasteiger partial charge in [-0.3, -0.25) is 10.1 Å². The van der Waals surface area contributed by atoms with Crippen molar-refractivity contribution in [1.82, 2.24) is 5.32 Å². The topological polar surface area (TPSA) is 120 Å². The van der Waals surface area contributed by atoms with Gasteiger partial charge in [-0.2, -0.15) is 0 Å². The minimum absolute atomic E-state index is 0.0756. The third-order valence-corrected chi connectivity index (χ3v) is 5.79. The van der Waals surface area contributed by atoms with Crippen molar-refractivity contribution in [2.45, 2.75) is 83.5 Å². The number of nitro groups is 1. The summed E-state index contributed by atoms with van der Waals surface area (Å²) in [7, 11) is 0. The van der Waals surface area contributed by atoms with Crippen LogP contribution in [0.25, 0.3) is 0 Å². The van der Waals surface area contributed by atoms with Crippen LogP contribution in [0.15, 0.2) is 30.2 Å². The lowest BCUT2D eigenvalue weighted by atomic mass is 9.86. The number of hydrogen-bond acceptors (Lipinski definition) is 8. The Morgan fingerprint density at radius 2 is 1.97 bits per heavy atom. The smallest absolute Gasteiger partial charge is 0.270 e. The Balaban J connectivity index is 2.08. The molecule has 2 N–H and O–H groups in total. The number of carbonyl (C=O) groups is 1. The average Bonchev–Trinajstić information content (AvgIpc) is 2.80. The van der Waals surface area contributed by atoms with Crippen LogP contribution < -0.4 is 10.1 Å². The molecule has 0 amide bonds. The van der Waals surface area contributed by atoms with E-state index in [2.05, 4.69) is 12.2 Å². The first-order chi connectivity index (χ1) is 16.3. The molecular weight excluding hydrogens is 440 g/mol. The molecule has 0 spiro atoms. The molecule has 2 unspecified atom stereocenters. The summed E-state index contributed by atoms with van der Waals surface area (Å²) in [5.41, 5.74) is -0.462. The molecule has 1 aromatic carbocycles. The highest BCUT2D eigenvalue weighted by molar-refractivity contribution is 5.49. The maximum atomic E-state index is 11.3. The second kappa shape index (κ2) is 13.9. The molecule has 1 heterocycles. The van der Waals surface area contributed by atoms with E-state index >= 15 is 0 Å². The van der Waals surface area contributed by atoms with E-state index in [1.54, 1.807) is 19.9 Å². The summed E-state index contributed by atoms with van der Waals surface area (Å²) in [5, 5.41) is 25.5. The number of unbranched alkanes of at least 4 members (excludes halogenated alkanes) is 5. The molecule has 2 rings (SSSR count). The van der Waals surface area contributed by atoms with E-state index in [4.69, 9.17) is 14.2 Å². The van der Waals surface area contributed by atoms with Gasteiger partial charge in [0, 0.05) is 24.1 Å². The van der Waals surface area contributed by atoms with Crippen molar-refractivity contribution in [3.05, 3.63) is 45.9 Å². The van der Waals surface area contributed by atoms with Gasteiger partial charge >= 0.3 is 0 Å². The van der Waals surface area contributed by atoms with E-state index in [1.807, 2.05) is 0 Å². The van der Waals surface area contributed by atoms with E-state index in [0.29, 0.717) is 23.7 Å². The molecule has 190 valence electrons. The second-order valence-corrected chi connectivity index (χ2v) is 9.01. The lowest BCUT2D eigenvalue weighted by Crippen LogP contribution is -2.52. The van der Waals surface area contributed by atoms with Crippen molar-refractivity contribution in [3.63, 3.8) is 0 Å². The number of hydrogen-bond donors (Lipinski definition) is 2. The third-order valence-electron chi connectivity index (χ3n) is 5.79. The number of aliphatic hydroxyl groups excluding tert-OH is 1. The lowest BCUT2D eigenvalue weighted by Gasteiger charge is -2.42. The summed E-state index contributed by atoms with van der Waals surface area (Å²) < 4.78 is 17.3. The van der Waals surface area contributed by atoms with Crippen LogP contribution in [0.3, 0.4) is 0 Å². The molecule has 0 aromatic heterocycles. The Kier molecular flexibility index (Phi) is 11.3. The first-order valence-electron chi connectivity index (χ1n) is 12.1. The fraction of sp³-hybridized carbons (Fsp3) is 0.640. The first kappa shape index (κ1) is 27.6.